The van der Waals surface area contributed by atoms with Crippen LogP contribution in [0.5, 0.6) is 0 Å². The van der Waals surface area contributed by atoms with E-state index in [0.29, 0.717) is 11.3 Å². The van der Waals surface area contributed by atoms with Gasteiger partial charge in [0.2, 0.25) is 0 Å². The molecule has 2 aromatic carbocycles. The lowest BCUT2D eigenvalue weighted by molar-refractivity contribution is 0.0251. The summed E-state index contributed by atoms with van der Waals surface area (Å²) in [6.45, 7) is 5.36. The Labute approximate surface area is 183 Å². The summed E-state index contributed by atoms with van der Waals surface area (Å²) < 4.78 is 7.09. The molecule has 150 valence electrons. The van der Waals surface area contributed by atoms with Crippen LogP contribution in [0.2, 0.25) is 0 Å². The summed E-state index contributed by atoms with van der Waals surface area (Å²) in [7, 11) is 2.00. The number of fused-ring (bicyclic) bond motifs is 2. The van der Waals surface area contributed by atoms with Crippen molar-refractivity contribution in [3.63, 3.8) is 0 Å². The van der Waals surface area contributed by atoms with Crippen molar-refractivity contribution in [2.45, 2.75) is 30.4 Å². The monoisotopic (exact) mass is 503 g/mol. The highest BCUT2D eigenvalue weighted by molar-refractivity contribution is 14.1. The molecule has 1 aliphatic heterocycles. The number of aryl methyl sites for hydroxylation is 1. The zero-order chi connectivity index (χ0) is 20.9. The quantitative estimate of drug-likeness (QED) is 0.275. The molecule has 1 atom stereocenters. The molecular formula is C22H22IN3O3. The number of amides is 2. The van der Waals surface area contributed by atoms with Crippen molar-refractivity contribution in [2.75, 3.05) is 5.32 Å². The SMILES string of the molecule is Cn1ccc2cc(Nc3cccc4c3C(=O)N(C(=O)OC(C)(C)C)C4I)ccc21. The lowest BCUT2D eigenvalue weighted by Crippen LogP contribution is -2.37. The number of benzene rings is 2. The fraction of sp³-hybridized carbons (Fsp3) is 0.273. The first kappa shape index (κ1) is 19.8. The van der Waals surface area contributed by atoms with E-state index in [1.165, 1.54) is 4.90 Å². The molecule has 0 bridgehead atoms. The second-order valence-corrected chi connectivity index (χ2v) is 9.27. The van der Waals surface area contributed by atoms with Gasteiger partial charge in [-0.3, -0.25) is 4.79 Å². The molecule has 7 heteroatoms. The Balaban J connectivity index is 1.67. The van der Waals surface area contributed by atoms with Crippen LogP contribution >= 0.6 is 22.6 Å². The van der Waals surface area contributed by atoms with Gasteiger partial charge in [0.05, 0.1) is 11.3 Å². The summed E-state index contributed by atoms with van der Waals surface area (Å²) >= 11 is 2.10. The molecule has 0 saturated carbocycles. The van der Waals surface area contributed by atoms with Crippen molar-refractivity contribution < 1.29 is 14.3 Å². The molecule has 0 spiro atoms. The standard InChI is InChI=1S/C22H22IN3O3/c1-22(2,3)29-21(28)26-19(23)15-6-5-7-16(18(15)20(26)27)24-14-8-9-17-13(12-14)10-11-25(17)4/h5-12,19,24H,1-4H3. The Kier molecular flexibility index (Phi) is 4.80. The number of halogens is 1. The van der Waals surface area contributed by atoms with E-state index in [1.807, 2.05) is 55.7 Å². The number of alkyl halides is 1. The van der Waals surface area contributed by atoms with Gasteiger partial charge in [0, 0.05) is 29.8 Å². The number of rotatable bonds is 2. The molecule has 0 saturated heterocycles. The third-order valence-electron chi connectivity index (χ3n) is 4.77. The van der Waals surface area contributed by atoms with Gasteiger partial charge < -0.3 is 14.6 Å². The maximum atomic E-state index is 13.1. The average molecular weight is 503 g/mol. The van der Waals surface area contributed by atoms with Crippen molar-refractivity contribution in [2.24, 2.45) is 7.05 Å². The number of carbonyl (C=O) groups excluding carboxylic acids is 2. The predicted molar refractivity (Wildman–Crippen MR) is 122 cm³/mol. The van der Waals surface area contributed by atoms with E-state index in [4.69, 9.17) is 4.74 Å². The fourth-order valence-electron chi connectivity index (χ4n) is 3.48. The van der Waals surface area contributed by atoms with E-state index in [2.05, 4.69) is 32.5 Å². The van der Waals surface area contributed by atoms with Crippen LogP contribution in [-0.2, 0) is 11.8 Å². The Morgan fingerprint density at radius 2 is 1.93 bits per heavy atom. The summed E-state index contributed by atoms with van der Waals surface area (Å²) in [6, 6.07) is 13.7. The van der Waals surface area contributed by atoms with Crippen molar-refractivity contribution >= 4 is 56.9 Å². The van der Waals surface area contributed by atoms with Gasteiger partial charge in [0.25, 0.3) is 5.91 Å². The molecule has 2 heterocycles. The molecule has 4 rings (SSSR count). The number of imide groups is 1. The summed E-state index contributed by atoms with van der Waals surface area (Å²) in [4.78, 5) is 26.9. The van der Waals surface area contributed by atoms with Gasteiger partial charge in [-0.1, -0.05) is 34.7 Å². The molecule has 1 N–H and O–H groups in total. The molecule has 29 heavy (non-hydrogen) atoms. The first-order valence-electron chi connectivity index (χ1n) is 9.31. The molecule has 1 aromatic heterocycles. The molecule has 1 unspecified atom stereocenters. The predicted octanol–water partition coefficient (Wildman–Crippen LogP) is 5.75. The van der Waals surface area contributed by atoms with E-state index in [-0.39, 0.29) is 5.91 Å². The number of carbonyl (C=O) groups is 2. The van der Waals surface area contributed by atoms with Crippen LogP contribution < -0.4 is 5.32 Å². The second kappa shape index (κ2) is 7.05. The minimum absolute atomic E-state index is 0.350. The van der Waals surface area contributed by atoms with Crippen LogP contribution in [0, 0.1) is 0 Å². The van der Waals surface area contributed by atoms with Crippen LogP contribution in [0.4, 0.5) is 16.2 Å². The summed E-state index contributed by atoms with van der Waals surface area (Å²) in [5.41, 5.74) is 3.32. The second-order valence-electron chi connectivity index (χ2n) is 8.09. The number of hydrogen-bond donors (Lipinski definition) is 1. The largest absolute Gasteiger partial charge is 0.443 e. The van der Waals surface area contributed by atoms with Gasteiger partial charge in [-0.05, 0) is 56.7 Å². The van der Waals surface area contributed by atoms with Crippen LogP contribution in [0.25, 0.3) is 10.9 Å². The summed E-state index contributed by atoms with van der Waals surface area (Å²) in [5.74, 6) is -0.350. The van der Waals surface area contributed by atoms with E-state index in [0.717, 1.165) is 22.2 Å². The number of aromatic nitrogens is 1. The number of nitrogens with zero attached hydrogens (tertiary/aromatic N) is 2. The van der Waals surface area contributed by atoms with Crippen molar-refractivity contribution in [1.82, 2.24) is 9.47 Å². The van der Waals surface area contributed by atoms with Gasteiger partial charge in [-0.25, -0.2) is 9.69 Å². The van der Waals surface area contributed by atoms with Crippen LogP contribution in [0.3, 0.4) is 0 Å². The topological polar surface area (TPSA) is 63.6 Å². The highest BCUT2D eigenvalue weighted by Gasteiger charge is 2.42. The Morgan fingerprint density at radius 1 is 1.17 bits per heavy atom. The third kappa shape index (κ3) is 3.59. The van der Waals surface area contributed by atoms with Crippen LogP contribution in [0.15, 0.2) is 48.7 Å². The fourth-order valence-corrected chi connectivity index (χ4v) is 4.47. The summed E-state index contributed by atoms with van der Waals surface area (Å²) in [5, 5.41) is 4.46. The number of nitrogens with one attached hydrogen (secondary N) is 1. The van der Waals surface area contributed by atoms with E-state index < -0.39 is 15.7 Å². The van der Waals surface area contributed by atoms with Crippen molar-refractivity contribution in [1.29, 1.82) is 0 Å². The highest BCUT2D eigenvalue weighted by Crippen LogP contribution is 2.43. The zero-order valence-electron chi connectivity index (χ0n) is 16.7. The molecular weight excluding hydrogens is 481 g/mol. The molecule has 3 aromatic rings. The number of hydrogen-bond acceptors (Lipinski definition) is 4. The first-order valence-corrected chi connectivity index (χ1v) is 10.6. The first-order chi connectivity index (χ1) is 13.7. The average Bonchev–Trinajstić information content (AvgIpc) is 3.12. The maximum Gasteiger partial charge on any atom is 0.418 e. The lowest BCUT2D eigenvalue weighted by atomic mass is 10.1. The molecule has 1 aliphatic rings. The number of ether oxygens (including phenoxy) is 1. The van der Waals surface area contributed by atoms with Gasteiger partial charge in [-0.15, -0.1) is 0 Å². The maximum absolute atomic E-state index is 13.1. The van der Waals surface area contributed by atoms with E-state index in [1.54, 1.807) is 20.8 Å². The Morgan fingerprint density at radius 3 is 2.66 bits per heavy atom. The van der Waals surface area contributed by atoms with E-state index >= 15 is 0 Å². The molecule has 6 nitrogen and oxygen atoms in total. The van der Waals surface area contributed by atoms with Gasteiger partial charge in [0.1, 0.15) is 9.65 Å². The van der Waals surface area contributed by atoms with Gasteiger partial charge in [-0.2, -0.15) is 0 Å². The van der Waals surface area contributed by atoms with Crippen LogP contribution in [0.1, 0.15) is 40.7 Å². The zero-order valence-corrected chi connectivity index (χ0v) is 18.9. The van der Waals surface area contributed by atoms with Crippen molar-refractivity contribution in [3.8, 4) is 0 Å². The lowest BCUT2D eigenvalue weighted by Gasteiger charge is -2.25. The minimum Gasteiger partial charge on any atom is -0.443 e. The number of anilines is 2. The highest BCUT2D eigenvalue weighted by atomic mass is 127. The van der Waals surface area contributed by atoms with Crippen LogP contribution in [-0.4, -0.2) is 27.1 Å². The minimum atomic E-state index is -0.672. The molecule has 0 fully saturated rings. The Hall–Kier alpha value is -2.55. The smallest absolute Gasteiger partial charge is 0.418 e. The Bertz CT molecular complexity index is 1130. The van der Waals surface area contributed by atoms with Gasteiger partial charge >= 0.3 is 6.09 Å². The van der Waals surface area contributed by atoms with Crippen molar-refractivity contribution in [3.05, 3.63) is 59.8 Å². The molecule has 0 aliphatic carbocycles. The summed E-state index contributed by atoms with van der Waals surface area (Å²) in [6.07, 6.45) is 1.38. The molecule has 0 radical (unpaired) electrons. The normalized spacial score (nSPS) is 16.2. The van der Waals surface area contributed by atoms with E-state index in [9.17, 15) is 9.59 Å². The molecule has 2 amide bonds. The van der Waals surface area contributed by atoms with Gasteiger partial charge in [0.15, 0.2) is 0 Å². The third-order valence-corrected chi connectivity index (χ3v) is 6.00.